The van der Waals surface area contributed by atoms with Crippen molar-refractivity contribution in [2.75, 3.05) is 40.0 Å². The Bertz CT molecular complexity index is 1270. The normalized spacial score (nSPS) is 19.5. The second kappa shape index (κ2) is 11.2. The first kappa shape index (κ1) is 26.3. The number of nitrogens with zero attached hydrogens (tertiary/aromatic N) is 1. The summed E-state index contributed by atoms with van der Waals surface area (Å²) in [6.07, 6.45) is 3.64. The van der Waals surface area contributed by atoms with E-state index in [1.54, 1.807) is 42.5 Å². The number of hydrogen-bond acceptors (Lipinski definition) is 4. The fourth-order valence-electron chi connectivity index (χ4n) is 5.37. The molecule has 0 N–H and O–H groups in total. The average molecular weight is 534 g/mol. The van der Waals surface area contributed by atoms with Gasteiger partial charge in [0.2, 0.25) is 5.82 Å². The molecule has 1 saturated heterocycles. The summed E-state index contributed by atoms with van der Waals surface area (Å²) in [5, 5.41) is 0. The maximum atomic E-state index is 14.9. The molecule has 2 atom stereocenters. The number of ether oxygens (including phenoxy) is 3. The Balaban J connectivity index is 1.47. The quantitative estimate of drug-likeness (QED) is 0.196. The molecule has 0 spiro atoms. The molecule has 0 bridgehead atoms. The van der Waals surface area contributed by atoms with Crippen molar-refractivity contribution in [2.45, 2.75) is 31.1 Å². The maximum Gasteiger partial charge on any atom is 0.200 e. The van der Waals surface area contributed by atoms with Crippen molar-refractivity contribution < 1.29 is 36.2 Å². The van der Waals surface area contributed by atoms with Crippen LogP contribution in [0.1, 0.15) is 47.8 Å². The molecule has 2 aliphatic rings. The zero-order chi connectivity index (χ0) is 26.8. The van der Waals surface area contributed by atoms with Crippen LogP contribution in [0, 0.1) is 29.1 Å². The maximum absolute atomic E-state index is 14.9. The van der Waals surface area contributed by atoms with Crippen LogP contribution in [-0.2, 0) is 0 Å². The van der Waals surface area contributed by atoms with Crippen molar-refractivity contribution in [1.29, 1.82) is 0 Å². The third-order valence-corrected chi connectivity index (χ3v) is 7.36. The summed E-state index contributed by atoms with van der Waals surface area (Å²) in [7, 11) is 1.49. The Hall–Kier alpha value is -3.33. The summed E-state index contributed by atoms with van der Waals surface area (Å²) in [6.45, 7) is 3.17. The first-order valence-corrected chi connectivity index (χ1v) is 12.7. The molecule has 9 heteroatoms. The van der Waals surface area contributed by atoms with Gasteiger partial charge in [0.15, 0.2) is 23.3 Å². The smallest absolute Gasteiger partial charge is 0.200 e. The van der Waals surface area contributed by atoms with E-state index >= 15 is 0 Å². The molecule has 0 aromatic heterocycles. The lowest BCUT2D eigenvalue weighted by molar-refractivity contribution is 0.183. The minimum Gasteiger partial charge on any atom is -0.497 e. The van der Waals surface area contributed by atoms with Crippen molar-refractivity contribution in [3.63, 3.8) is 0 Å². The van der Waals surface area contributed by atoms with Gasteiger partial charge < -0.3 is 14.2 Å². The Kier molecular flexibility index (Phi) is 7.74. The first-order chi connectivity index (χ1) is 18.4. The molecule has 4 nitrogen and oxygen atoms in total. The lowest BCUT2D eigenvalue weighted by atomic mass is 9.75. The van der Waals surface area contributed by atoms with Gasteiger partial charge in [0.05, 0.1) is 13.7 Å². The van der Waals surface area contributed by atoms with E-state index in [-0.39, 0.29) is 6.61 Å². The largest absolute Gasteiger partial charge is 0.497 e. The van der Waals surface area contributed by atoms with Gasteiger partial charge in [0.25, 0.3) is 0 Å². The van der Waals surface area contributed by atoms with Gasteiger partial charge in [-0.1, -0.05) is 24.6 Å². The van der Waals surface area contributed by atoms with Crippen LogP contribution in [-0.4, -0.2) is 44.9 Å². The highest BCUT2D eigenvalue weighted by atomic mass is 19.2. The van der Waals surface area contributed by atoms with Gasteiger partial charge in [-0.05, 0) is 49.7 Å². The van der Waals surface area contributed by atoms with Gasteiger partial charge in [0.1, 0.15) is 23.9 Å². The zero-order valence-electron chi connectivity index (χ0n) is 20.9. The van der Waals surface area contributed by atoms with Gasteiger partial charge in [-0.25, -0.2) is 22.0 Å². The van der Waals surface area contributed by atoms with Crippen molar-refractivity contribution in [3.05, 3.63) is 88.2 Å². The summed E-state index contributed by atoms with van der Waals surface area (Å²) < 4.78 is 88.8. The predicted octanol–water partition coefficient (Wildman–Crippen LogP) is 6.56. The molecule has 5 rings (SSSR count). The van der Waals surface area contributed by atoms with Crippen LogP contribution >= 0.6 is 0 Å². The van der Waals surface area contributed by atoms with Gasteiger partial charge in [-0.2, -0.15) is 0 Å². The zero-order valence-corrected chi connectivity index (χ0v) is 20.9. The average Bonchev–Trinajstić information content (AvgIpc) is 2.95. The van der Waals surface area contributed by atoms with E-state index in [1.165, 1.54) is 26.4 Å². The van der Waals surface area contributed by atoms with Crippen molar-refractivity contribution in [1.82, 2.24) is 4.90 Å². The second-order valence-electron chi connectivity index (χ2n) is 9.60. The molecule has 38 heavy (non-hydrogen) atoms. The van der Waals surface area contributed by atoms with Gasteiger partial charge in [-0.15, -0.1) is 0 Å². The van der Waals surface area contributed by atoms with E-state index in [0.717, 1.165) is 19.6 Å². The molecule has 0 radical (unpaired) electrons. The van der Waals surface area contributed by atoms with Gasteiger partial charge in [0, 0.05) is 35.6 Å². The van der Waals surface area contributed by atoms with Crippen molar-refractivity contribution >= 4 is 0 Å². The number of likely N-dealkylation sites (tertiary alicyclic amines) is 1. The number of halogens is 5. The molecule has 1 fully saturated rings. The van der Waals surface area contributed by atoms with E-state index in [1.807, 2.05) is 0 Å². The third-order valence-electron chi connectivity index (χ3n) is 7.36. The lowest BCUT2D eigenvalue weighted by Gasteiger charge is -2.35. The highest BCUT2D eigenvalue weighted by Crippen LogP contribution is 2.48. The standard InChI is InChI=1S/C29H28F5NO3/c1-36-19-9-10-20-22(15-19)38-16-21(24-25(30)27(32)29(34)28(33)26(24)31)23(20)17-5-7-18(8-6-17)37-14-13-35-11-3-2-4-12-35/h5-10,15,21,23H,2-4,11-14,16H2,1H3/t21-,23+/m0/s1. The van der Waals surface area contributed by atoms with E-state index in [4.69, 9.17) is 14.2 Å². The van der Waals surface area contributed by atoms with Crippen molar-refractivity contribution in [3.8, 4) is 17.2 Å². The molecule has 2 heterocycles. The van der Waals surface area contributed by atoms with E-state index in [2.05, 4.69) is 4.90 Å². The van der Waals surface area contributed by atoms with Crippen LogP contribution in [0.5, 0.6) is 17.2 Å². The molecular formula is C29H28F5NO3. The van der Waals surface area contributed by atoms with Gasteiger partial charge in [-0.3, -0.25) is 4.90 Å². The minimum absolute atomic E-state index is 0.294. The van der Waals surface area contributed by atoms with E-state index < -0.39 is 46.5 Å². The minimum atomic E-state index is -2.19. The van der Waals surface area contributed by atoms with Crippen molar-refractivity contribution in [2.24, 2.45) is 0 Å². The van der Waals surface area contributed by atoms with Crippen LogP contribution in [0.3, 0.4) is 0 Å². The molecule has 3 aromatic carbocycles. The fourth-order valence-corrected chi connectivity index (χ4v) is 5.37. The number of piperidine rings is 1. The van der Waals surface area contributed by atoms with E-state index in [9.17, 15) is 22.0 Å². The Labute approximate surface area is 217 Å². The van der Waals surface area contributed by atoms with Crippen LogP contribution in [0.25, 0.3) is 0 Å². The number of hydrogen-bond donors (Lipinski definition) is 0. The molecule has 202 valence electrons. The van der Waals surface area contributed by atoms with Gasteiger partial charge >= 0.3 is 0 Å². The summed E-state index contributed by atoms with van der Waals surface area (Å²) in [5.41, 5.74) is 0.275. The molecule has 0 amide bonds. The highest BCUT2D eigenvalue weighted by molar-refractivity contribution is 5.51. The van der Waals surface area contributed by atoms with Crippen LogP contribution in [0.2, 0.25) is 0 Å². The SMILES string of the molecule is COc1ccc2c(c1)OC[C@H](c1c(F)c(F)c(F)c(F)c1F)[C@@H]2c1ccc(OCCN2CCCCC2)cc1. The molecule has 0 aliphatic carbocycles. The number of methoxy groups -OCH3 is 1. The molecule has 0 saturated carbocycles. The summed E-state index contributed by atoms with van der Waals surface area (Å²) in [4.78, 5) is 2.36. The third kappa shape index (κ3) is 5.04. The van der Waals surface area contributed by atoms with E-state index in [0.29, 0.717) is 35.0 Å². The lowest BCUT2D eigenvalue weighted by Crippen LogP contribution is -2.33. The number of fused-ring (bicyclic) bond motifs is 1. The topological polar surface area (TPSA) is 30.9 Å². The molecule has 2 aliphatic heterocycles. The fraction of sp³-hybridized carbons (Fsp3) is 0.379. The second-order valence-corrected chi connectivity index (χ2v) is 9.60. The van der Waals surface area contributed by atoms with Crippen LogP contribution < -0.4 is 14.2 Å². The Morgan fingerprint density at radius 3 is 2.11 bits per heavy atom. The monoisotopic (exact) mass is 533 g/mol. The summed E-state index contributed by atoms with van der Waals surface area (Å²) in [5.74, 6) is -10.2. The Morgan fingerprint density at radius 1 is 0.816 bits per heavy atom. The van der Waals surface area contributed by atoms with Crippen LogP contribution in [0.15, 0.2) is 42.5 Å². The summed E-state index contributed by atoms with van der Waals surface area (Å²) in [6, 6.07) is 12.0. The molecule has 3 aromatic rings. The Morgan fingerprint density at radius 2 is 1.45 bits per heavy atom. The molecular weight excluding hydrogens is 505 g/mol. The van der Waals surface area contributed by atoms with Crippen LogP contribution in [0.4, 0.5) is 22.0 Å². The number of rotatable bonds is 7. The number of benzene rings is 3. The predicted molar refractivity (Wildman–Crippen MR) is 132 cm³/mol. The molecule has 0 unspecified atom stereocenters. The first-order valence-electron chi connectivity index (χ1n) is 12.7. The highest BCUT2D eigenvalue weighted by Gasteiger charge is 2.40. The summed E-state index contributed by atoms with van der Waals surface area (Å²) >= 11 is 0.